The molecule has 3 heterocycles. The summed E-state index contributed by atoms with van der Waals surface area (Å²) < 4.78 is 5.67. The molecule has 0 unspecified atom stereocenters. The average Bonchev–Trinajstić information content (AvgIpc) is 3.14. The Morgan fingerprint density at radius 3 is 2.92 bits per heavy atom. The van der Waals surface area contributed by atoms with Crippen LogP contribution in [0.5, 0.6) is 0 Å². The Kier molecular flexibility index (Phi) is 5.59. The molecule has 2 atom stereocenters. The van der Waals surface area contributed by atoms with Crippen LogP contribution in [0.2, 0.25) is 0 Å². The zero-order chi connectivity index (χ0) is 16.8. The van der Waals surface area contributed by atoms with Crippen molar-refractivity contribution >= 4 is 11.8 Å². The van der Waals surface area contributed by atoms with Crippen molar-refractivity contribution in [3.8, 4) is 11.4 Å². The van der Waals surface area contributed by atoms with Crippen LogP contribution in [0.3, 0.4) is 0 Å². The van der Waals surface area contributed by atoms with Gasteiger partial charge in [-0.2, -0.15) is 4.98 Å². The molecule has 2 aromatic heterocycles. The van der Waals surface area contributed by atoms with Gasteiger partial charge in [0.05, 0.1) is 17.5 Å². The minimum Gasteiger partial charge on any atom is -0.376 e. The maximum Gasteiger partial charge on any atom is 0.225 e. The molecule has 2 N–H and O–H groups in total. The van der Waals surface area contributed by atoms with E-state index in [2.05, 4.69) is 39.4 Å². The first-order chi connectivity index (χ1) is 11.7. The standard InChI is InChI=1S/C18H25N5O/c1-3-13(2)21-18-22-16(15-8-4-5-9-19-15)11-17(23-18)20-12-14-7-6-10-24-14/h4-5,8-9,11,13-14H,3,6-7,10,12H2,1-2H3,(H2,20,21,22,23)/t13-,14+/m1/s1. The zero-order valence-corrected chi connectivity index (χ0v) is 14.3. The Hall–Kier alpha value is -2.21. The van der Waals surface area contributed by atoms with E-state index in [1.165, 1.54) is 0 Å². The molecule has 6 heteroatoms. The highest BCUT2D eigenvalue weighted by Gasteiger charge is 2.16. The molecule has 1 saturated heterocycles. The Bertz CT molecular complexity index is 643. The first-order valence-corrected chi connectivity index (χ1v) is 8.67. The lowest BCUT2D eigenvalue weighted by atomic mass is 10.2. The molecule has 0 amide bonds. The lowest BCUT2D eigenvalue weighted by Crippen LogP contribution is -2.20. The van der Waals surface area contributed by atoms with E-state index in [0.717, 1.165) is 49.6 Å². The van der Waals surface area contributed by atoms with Crippen LogP contribution in [-0.4, -0.2) is 40.2 Å². The summed E-state index contributed by atoms with van der Waals surface area (Å²) in [6.45, 7) is 5.88. The van der Waals surface area contributed by atoms with Crippen molar-refractivity contribution in [1.82, 2.24) is 15.0 Å². The fourth-order valence-electron chi connectivity index (χ4n) is 2.59. The Morgan fingerprint density at radius 1 is 1.29 bits per heavy atom. The number of aromatic nitrogens is 3. The Labute approximate surface area is 143 Å². The lowest BCUT2D eigenvalue weighted by molar-refractivity contribution is 0.120. The molecule has 0 aromatic carbocycles. The molecular formula is C18H25N5O. The maximum absolute atomic E-state index is 5.67. The van der Waals surface area contributed by atoms with Crippen LogP contribution in [0.15, 0.2) is 30.5 Å². The van der Waals surface area contributed by atoms with Crippen LogP contribution in [0, 0.1) is 0 Å². The molecule has 0 bridgehead atoms. The average molecular weight is 327 g/mol. The van der Waals surface area contributed by atoms with E-state index in [1.807, 2.05) is 24.3 Å². The topological polar surface area (TPSA) is 72.0 Å². The van der Waals surface area contributed by atoms with E-state index in [1.54, 1.807) is 6.20 Å². The molecule has 1 aliphatic rings. The van der Waals surface area contributed by atoms with Crippen LogP contribution >= 0.6 is 0 Å². The third-order valence-corrected chi connectivity index (χ3v) is 4.18. The van der Waals surface area contributed by atoms with E-state index < -0.39 is 0 Å². The molecular weight excluding hydrogens is 302 g/mol. The molecule has 6 nitrogen and oxygen atoms in total. The fraction of sp³-hybridized carbons (Fsp3) is 0.500. The zero-order valence-electron chi connectivity index (χ0n) is 14.3. The highest BCUT2D eigenvalue weighted by molar-refractivity contribution is 5.61. The van der Waals surface area contributed by atoms with Crippen LogP contribution in [0.4, 0.5) is 11.8 Å². The smallest absolute Gasteiger partial charge is 0.225 e. The molecule has 2 aromatic rings. The molecule has 0 aliphatic carbocycles. The van der Waals surface area contributed by atoms with Crippen molar-refractivity contribution in [2.24, 2.45) is 0 Å². The summed E-state index contributed by atoms with van der Waals surface area (Å²) in [5, 5.41) is 6.73. The van der Waals surface area contributed by atoms with Gasteiger partial charge in [-0.05, 0) is 38.3 Å². The molecule has 0 spiro atoms. The number of nitrogens with zero attached hydrogens (tertiary/aromatic N) is 3. The number of ether oxygens (including phenoxy) is 1. The predicted octanol–water partition coefficient (Wildman–Crippen LogP) is 3.34. The SMILES string of the molecule is CC[C@@H](C)Nc1nc(NC[C@@H]2CCCO2)cc(-c2ccccn2)n1. The van der Waals surface area contributed by atoms with Crippen LogP contribution in [0.25, 0.3) is 11.4 Å². The molecule has 3 rings (SSSR count). The van der Waals surface area contributed by atoms with Gasteiger partial charge in [-0.1, -0.05) is 13.0 Å². The van der Waals surface area contributed by atoms with Gasteiger partial charge in [0.1, 0.15) is 5.82 Å². The third kappa shape index (κ3) is 4.41. The summed E-state index contributed by atoms with van der Waals surface area (Å²) in [6, 6.07) is 8.08. The van der Waals surface area contributed by atoms with Crippen molar-refractivity contribution in [2.45, 2.75) is 45.3 Å². The van der Waals surface area contributed by atoms with Crippen LogP contribution in [0.1, 0.15) is 33.1 Å². The minimum atomic E-state index is 0.268. The van der Waals surface area contributed by atoms with Gasteiger partial charge in [-0.15, -0.1) is 0 Å². The van der Waals surface area contributed by atoms with E-state index >= 15 is 0 Å². The van der Waals surface area contributed by atoms with Crippen molar-refractivity contribution in [2.75, 3.05) is 23.8 Å². The van der Waals surface area contributed by atoms with Crippen molar-refractivity contribution < 1.29 is 4.74 Å². The Morgan fingerprint density at radius 2 is 2.21 bits per heavy atom. The monoisotopic (exact) mass is 327 g/mol. The molecule has 0 saturated carbocycles. The summed E-state index contributed by atoms with van der Waals surface area (Å²) in [4.78, 5) is 13.6. The third-order valence-electron chi connectivity index (χ3n) is 4.18. The summed E-state index contributed by atoms with van der Waals surface area (Å²) in [6.07, 6.45) is 5.29. The minimum absolute atomic E-state index is 0.268. The van der Waals surface area contributed by atoms with Crippen molar-refractivity contribution in [1.29, 1.82) is 0 Å². The summed E-state index contributed by atoms with van der Waals surface area (Å²) >= 11 is 0. The van der Waals surface area contributed by atoms with Gasteiger partial charge >= 0.3 is 0 Å². The van der Waals surface area contributed by atoms with Crippen molar-refractivity contribution in [3.05, 3.63) is 30.5 Å². The normalized spacial score (nSPS) is 18.3. The number of anilines is 2. The largest absolute Gasteiger partial charge is 0.376 e. The van der Waals surface area contributed by atoms with E-state index in [0.29, 0.717) is 12.0 Å². The van der Waals surface area contributed by atoms with Gasteiger partial charge in [-0.25, -0.2) is 4.98 Å². The van der Waals surface area contributed by atoms with E-state index in [-0.39, 0.29) is 6.10 Å². The van der Waals surface area contributed by atoms with Gasteiger partial charge in [0, 0.05) is 31.5 Å². The second-order valence-electron chi connectivity index (χ2n) is 6.15. The summed E-state index contributed by atoms with van der Waals surface area (Å²) in [5.74, 6) is 1.43. The second kappa shape index (κ2) is 8.06. The van der Waals surface area contributed by atoms with E-state index in [4.69, 9.17) is 4.74 Å². The van der Waals surface area contributed by atoms with Crippen molar-refractivity contribution in [3.63, 3.8) is 0 Å². The van der Waals surface area contributed by atoms with Gasteiger partial charge < -0.3 is 15.4 Å². The van der Waals surface area contributed by atoms with Gasteiger partial charge in [0.2, 0.25) is 5.95 Å². The first-order valence-electron chi connectivity index (χ1n) is 8.67. The number of hydrogen-bond donors (Lipinski definition) is 2. The molecule has 0 radical (unpaired) electrons. The molecule has 24 heavy (non-hydrogen) atoms. The molecule has 1 fully saturated rings. The first kappa shape index (κ1) is 16.6. The highest BCUT2D eigenvalue weighted by Crippen LogP contribution is 2.21. The predicted molar refractivity (Wildman–Crippen MR) is 96.1 cm³/mol. The van der Waals surface area contributed by atoms with Crippen LogP contribution in [-0.2, 0) is 4.74 Å². The van der Waals surface area contributed by atoms with Crippen LogP contribution < -0.4 is 10.6 Å². The number of pyridine rings is 1. The number of nitrogens with one attached hydrogen (secondary N) is 2. The maximum atomic E-state index is 5.67. The van der Waals surface area contributed by atoms with E-state index in [9.17, 15) is 0 Å². The highest BCUT2D eigenvalue weighted by atomic mass is 16.5. The van der Waals surface area contributed by atoms with Gasteiger partial charge in [-0.3, -0.25) is 4.98 Å². The second-order valence-corrected chi connectivity index (χ2v) is 6.15. The van der Waals surface area contributed by atoms with Gasteiger partial charge in [0.25, 0.3) is 0 Å². The van der Waals surface area contributed by atoms with Gasteiger partial charge in [0.15, 0.2) is 0 Å². The number of hydrogen-bond acceptors (Lipinski definition) is 6. The fourth-order valence-corrected chi connectivity index (χ4v) is 2.59. The summed E-state index contributed by atoms with van der Waals surface area (Å²) in [7, 11) is 0. The molecule has 1 aliphatic heterocycles. The quantitative estimate of drug-likeness (QED) is 0.812. The lowest BCUT2D eigenvalue weighted by Gasteiger charge is -2.15. The Balaban J connectivity index is 1.81. The number of rotatable bonds is 7. The molecule has 128 valence electrons. The summed E-state index contributed by atoms with van der Waals surface area (Å²) in [5.41, 5.74) is 1.65.